The molecule has 3 nitrogen and oxygen atoms in total. The van der Waals surface area contributed by atoms with Gasteiger partial charge in [0.1, 0.15) is 6.17 Å². The van der Waals surface area contributed by atoms with Gasteiger partial charge in [0, 0.05) is 0 Å². The minimum Gasteiger partial charge on any atom is -0.368 e. The van der Waals surface area contributed by atoms with Gasteiger partial charge in [-0.05, 0) is 23.9 Å². The summed E-state index contributed by atoms with van der Waals surface area (Å²) >= 11 is 0. The summed E-state index contributed by atoms with van der Waals surface area (Å²) in [6, 6.07) is 0. The van der Waals surface area contributed by atoms with Gasteiger partial charge < -0.3 is 10.6 Å². The van der Waals surface area contributed by atoms with Crippen molar-refractivity contribution in [2.24, 2.45) is 0 Å². The second-order valence-corrected chi connectivity index (χ2v) is 2.48. The zero-order valence-electron chi connectivity index (χ0n) is 5.87. The van der Waals surface area contributed by atoms with Crippen LogP contribution in [0.1, 0.15) is 0 Å². The lowest BCUT2D eigenvalue weighted by atomic mass is 10.1. The molecule has 0 aromatic heterocycles. The number of hydrogen-bond acceptors (Lipinski definition) is 3. The van der Waals surface area contributed by atoms with Crippen LogP contribution in [0.4, 0.5) is 0 Å². The maximum atomic E-state index is 10.3. The first-order valence-electron chi connectivity index (χ1n) is 3.46. The lowest BCUT2D eigenvalue weighted by molar-refractivity contribution is -0.105. The van der Waals surface area contributed by atoms with E-state index in [1.54, 1.807) is 6.08 Å². The summed E-state index contributed by atoms with van der Waals surface area (Å²) in [4.78, 5) is 10.3. The number of carbonyl (C=O) groups is 1. The number of fused-ring (bicyclic) bond motifs is 1. The molecular formula is C8H8N2O. The molecule has 0 spiro atoms. The molecule has 2 aliphatic rings. The fourth-order valence-electron chi connectivity index (χ4n) is 1.18. The average Bonchev–Trinajstić information content (AvgIpc) is 2.50. The van der Waals surface area contributed by atoms with Gasteiger partial charge in [-0.15, -0.1) is 0 Å². The number of carbonyl (C=O) groups excluding carboxylic acids is 1. The molecule has 0 amide bonds. The standard InChI is InChI=1S/C8H8N2O/c11-5-7-2-1-6-3-4-9-8(6)10-7/h1-5,8-10H. The Morgan fingerprint density at radius 2 is 2.36 bits per heavy atom. The van der Waals surface area contributed by atoms with Crippen LogP contribution in [0, 0.1) is 0 Å². The molecular weight excluding hydrogens is 140 g/mol. The Kier molecular flexibility index (Phi) is 1.28. The summed E-state index contributed by atoms with van der Waals surface area (Å²) in [5.41, 5.74) is 1.78. The molecule has 56 valence electrons. The third kappa shape index (κ3) is 0.941. The molecule has 1 atom stereocenters. The molecule has 0 saturated heterocycles. The van der Waals surface area contributed by atoms with Crippen LogP contribution >= 0.6 is 0 Å². The van der Waals surface area contributed by atoms with E-state index >= 15 is 0 Å². The molecule has 0 aromatic carbocycles. The molecule has 0 radical (unpaired) electrons. The molecule has 2 rings (SSSR count). The normalized spacial score (nSPS) is 26.0. The van der Waals surface area contributed by atoms with Crippen molar-refractivity contribution < 1.29 is 4.79 Å². The van der Waals surface area contributed by atoms with E-state index in [2.05, 4.69) is 10.6 Å². The predicted molar refractivity (Wildman–Crippen MR) is 41.4 cm³/mol. The van der Waals surface area contributed by atoms with Crippen molar-refractivity contribution in [3.8, 4) is 0 Å². The van der Waals surface area contributed by atoms with Gasteiger partial charge in [-0.3, -0.25) is 4.79 Å². The molecule has 2 aliphatic heterocycles. The van der Waals surface area contributed by atoms with Crippen LogP contribution in [0.25, 0.3) is 0 Å². The maximum Gasteiger partial charge on any atom is 0.165 e. The number of allylic oxidation sites excluding steroid dienone is 3. The Bertz CT molecular complexity index is 276. The van der Waals surface area contributed by atoms with Gasteiger partial charge in [0.2, 0.25) is 0 Å². The average molecular weight is 148 g/mol. The van der Waals surface area contributed by atoms with Crippen molar-refractivity contribution in [1.82, 2.24) is 10.6 Å². The highest BCUT2D eigenvalue weighted by Gasteiger charge is 2.17. The van der Waals surface area contributed by atoms with Crippen molar-refractivity contribution in [2.75, 3.05) is 0 Å². The molecule has 2 heterocycles. The molecule has 0 saturated carbocycles. The molecule has 11 heavy (non-hydrogen) atoms. The molecule has 0 fully saturated rings. The van der Waals surface area contributed by atoms with Crippen LogP contribution in [0.5, 0.6) is 0 Å². The topological polar surface area (TPSA) is 41.1 Å². The Labute approximate surface area is 64.5 Å². The third-order valence-corrected chi connectivity index (χ3v) is 1.77. The summed E-state index contributed by atoms with van der Waals surface area (Å²) in [6.45, 7) is 0. The van der Waals surface area contributed by atoms with Gasteiger partial charge in [0.15, 0.2) is 6.29 Å². The second kappa shape index (κ2) is 2.27. The van der Waals surface area contributed by atoms with E-state index in [0.717, 1.165) is 11.9 Å². The Hall–Kier alpha value is -1.51. The SMILES string of the molecule is O=CC1=CC=C2C=CNC2N1. The van der Waals surface area contributed by atoms with Crippen molar-refractivity contribution >= 4 is 6.29 Å². The van der Waals surface area contributed by atoms with Crippen LogP contribution in [0.15, 0.2) is 35.7 Å². The fourth-order valence-corrected chi connectivity index (χ4v) is 1.18. The van der Waals surface area contributed by atoms with Crippen LogP contribution in [0.3, 0.4) is 0 Å². The zero-order valence-corrected chi connectivity index (χ0v) is 5.87. The van der Waals surface area contributed by atoms with E-state index < -0.39 is 0 Å². The maximum absolute atomic E-state index is 10.3. The second-order valence-electron chi connectivity index (χ2n) is 2.48. The molecule has 0 bridgehead atoms. The summed E-state index contributed by atoms with van der Waals surface area (Å²) in [6.07, 6.45) is 8.46. The highest BCUT2D eigenvalue weighted by molar-refractivity contribution is 5.74. The van der Waals surface area contributed by atoms with Crippen molar-refractivity contribution in [3.05, 3.63) is 35.7 Å². The Morgan fingerprint density at radius 1 is 1.45 bits per heavy atom. The van der Waals surface area contributed by atoms with E-state index in [9.17, 15) is 4.79 Å². The van der Waals surface area contributed by atoms with Crippen LogP contribution in [-0.2, 0) is 4.79 Å². The highest BCUT2D eigenvalue weighted by Crippen LogP contribution is 2.13. The number of dihydropyridines is 1. The number of nitrogens with one attached hydrogen (secondary N) is 2. The van der Waals surface area contributed by atoms with Crippen molar-refractivity contribution in [2.45, 2.75) is 6.17 Å². The molecule has 2 N–H and O–H groups in total. The van der Waals surface area contributed by atoms with E-state index in [4.69, 9.17) is 0 Å². The lowest BCUT2D eigenvalue weighted by Gasteiger charge is -2.19. The number of hydrogen-bond donors (Lipinski definition) is 2. The lowest BCUT2D eigenvalue weighted by Crippen LogP contribution is -2.39. The predicted octanol–water partition coefficient (Wildman–Crippen LogP) is 0.0418. The minimum atomic E-state index is 0.0974. The van der Waals surface area contributed by atoms with Gasteiger partial charge in [0.25, 0.3) is 0 Å². The number of rotatable bonds is 1. The van der Waals surface area contributed by atoms with E-state index in [0.29, 0.717) is 5.70 Å². The van der Waals surface area contributed by atoms with Gasteiger partial charge >= 0.3 is 0 Å². The summed E-state index contributed by atoms with van der Waals surface area (Å²) in [5, 5.41) is 6.08. The summed E-state index contributed by atoms with van der Waals surface area (Å²) in [5.74, 6) is 0. The number of aldehydes is 1. The fraction of sp³-hybridized carbons (Fsp3) is 0.125. The van der Waals surface area contributed by atoms with Gasteiger partial charge in [-0.1, -0.05) is 6.08 Å². The summed E-state index contributed by atoms with van der Waals surface area (Å²) < 4.78 is 0. The first-order chi connectivity index (χ1) is 5.40. The monoisotopic (exact) mass is 148 g/mol. The van der Waals surface area contributed by atoms with Gasteiger partial charge in [0.05, 0.1) is 5.70 Å². The van der Waals surface area contributed by atoms with Crippen LogP contribution < -0.4 is 10.6 Å². The zero-order chi connectivity index (χ0) is 7.68. The quantitative estimate of drug-likeness (QED) is 0.516. The first-order valence-corrected chi connectivity index (χ1v) is 3.46. The highest BCUT2D eigenvalue weighted by atomic mass is 16.1. The van der Waals surface area contributed by atoms with Gasteiger partial charge in [-0.2, -0.15) is 0 Å². The van der Waals surface area contributed by atoms with Crippen LogP contribution in [0.2, 0.25) is 0 Å². The Balaban J connectivity index is 2.27. The Morgan fingerprint density at radius 3 is 3.18 bits per heavy atom. The van der Waals surface area contributed by atoms with E-state index in [-0.39, 0.29) is 6.17 Å². The minimum absolute atomic E-state index is 0.0974. The molecule has 3 heteroatoms. The van der Waals surface area contributed by atoms with Crippen molar-refractivity contribution in [3.63, 3.8) is 0 Å². The largest absolute Gasteiger partial charge is 0.368 e. The summed E-state index contributed by atoms with van der Waals surface area (Å²) in [7, 11) is 0. The molecule has 0 aromatic rings. The van der Waals surface area contributed by atoms with Gasteiger partial charge in [-0.25, -0.2) is 0 Å². The van der Waals surface area contributed by atoms with Crippen LogP contribution in [-0.4, -0.2) is 12.5 Å². The smallest absolute Gasteiger partial charge is 0.165 e. The van der Waals surface area contributed by atoms with Crippen molar-refractivity contribution in [1.29, 1.82) is 0 Å². The van der Waals surface area contributed by atoms with E-state index in [1.165, 1.54) is 0 Å². The third-order valence-electron chi connectivity index (χ3n) is 1.77. The molecule has 0 aliphatic carbocycles. The van der Waals surface area contributed by atoms with E-state index in [1.807, 2.05) is 18.4 Å². The molecule has 1 unspecified atom stereocenters. The first kappa shape index (κ1) is 6.22.